The van der Waals surface area contributed by atoms with E-state index in [1.807, 2.05) is 32.0 Å². The lowest BCUT2D eigenvalue weighted by Gasteiger charge is -2.19. The predicted molar refractivity (Wildman–Crippen MR) is 82.2 cm³/mol. The number of likely N-dealkylation sites (N-methyl/N-ethyl adjacent to an activating group) is 2. The van der Waals surface area contributed by atoms with Gasteiger partial charge in [-0.3, -0.25) is 0 Å². The smallest absolute Gasteiger partial charge is 0.242 e. The Balaban J connectivity index is 2.85. The highest BCUT2D eigenvalue weighted by molar-refractivity contribution is 7.89. The first kappa shape index (κ1) is 17.1. The second-order valence-corrected chi connectivity index (χ2v) is 7.10. The molecule has 0 spiro atoms. The number of hydrogen-bond acceptors (Lipinski definition) is 4. The van der Waals surface area contributed by atoms with Crippen LogP contribution in [0.15, 0.2) is 29.2 Å². The van der Waals surface area contributed by atoms with Gasteiger partial charge < -0.3 is 10.2 Å². The first-order chi connectivity index (χ1) is 9.37. The molecule has 0 saturated heterocycles. The zero-order valence-electron chi connectivity index (χ0n) is 12.8. The third-order valence-corrected chi connectivity index (χ3v) is 4.90. The molecular formula is C14H25N3O2S. The summed E-state index contributed by atoms with van der Waals surface area (Å²) >= 11 is 0. The van der Waals surface area contributed by atoms with Gasteiger partial charge in [-0.2, -0.15) is 4.31 Å². The van der Waals surface area contributed by atoms with E-state index in [2.05, 4.69) is 5.32 Å². The minimum absolute atomic E-state index is 0.356. The van der Waals surface area contributed by atoms with Crippen molar-refractivity contribution in [1.82, 2.24) is 14.5 Å². The fraction of sp³-hybridized carbons (Fsp3) is 0.571. The van der Waals surface area contributed by atoms with Crippen LogP contribution in [-0.4, -0.2) is 58.4 Å². The molecule has 0 aliphatic rings. The minimum Gasteiger partial charge on any atom is -0.313 e. The second kappa shape index (κ2) is 7.73. The molecule has 0 unspecified atom stereocenters. The van der Waals surface area contributed by atoms with Crippen LogP contribution in [0.2, 0.25) is 0 Å². The Bertz CT molecular complexity index is 515. The van der Waals surface area contributed by atoms with Crippen LogP contribution in [0.1, 0.15) is 12.5 Å². The molecule has 0 bridgehead atoms. The Morgan fingerprint density at radius 1 is 1.15 bits per heavy atom. The van der Waals surface area contributed by atoms with Crippen molar-refractivity contribution in [2.75, 3.05) is 40.8 Å². The SMILES string of the molecule is CCNCc1cccc(S(=O)(=O)N(C)CCN(C)C)c1. The standard InChI is InChI=1S/C14H25N3O2S/c1-5-15-12-13-7-6-8-14(11-13)20(18,19)17(4)10-9-16(2)3/h6-8,11,15H,5,9-10,12H2,1-4H3. The van der Waals surface area contributed by atoms with Crippen molar-refractivity contribution in [3.05, 3.63) is 29.8 Å². The van der Waals surface area contributed by atoms with Crippen molar-refractivity contribution in [1.29, 1.82) is 0 Å². The molecular weight excluding hydrogens is 274 g/mol. The average molecular weight is 299 g/mol. The Morgan fingerprint density at radius 2 is 1.85 bits per heavy atom. The van der Waals surface area contributed by atoms with Crippen LogP contribution >= 0.6 is 0 Å². The van der Waals surface area contributed by atoms with Crippen molar-refractivity contribution < 1.29 is 8.42 Å². The number of rotatable bonds is 8. The summed E-state index contributed by atoms with van der Waals surface area (Å²) in [4.78, 5) is 2.32. The van der Waals surface area contributed by atoms with Gasteiger partial charge in [-0.1, -0.05) is 19.1 Å². The van der Waals surface area contributed by atoms with Crippen LogP contribution in [-0.2, 0) is 16.6 Å². The van der Waals surface area contributed by atoms with Gasteiger partial charge >= 0.3 is 0 Å². The Morgan fingerprint density at radius 3 is 2.45 bits per heavy atom. The molecule has 6 heteroatoms. The monoisotopic (exact) mass is 299 g/mol. The number of nitrogens with zero attached hydrogens (tertiary/aromatic N) is 2. The lowest BCUT2D eigenvalue weighted by Crippen LogP contribution is -2.33. The van der Waals surface area contributed by atoms with Crippen molar-refractivity contribution in [3.63, 3.8) is 0 Å². The molecule has 0 amide bonds. The quantitative estimate of drug-likeness (QED) is 0.777. The summed E-state index contributed by atoms with van der Waals surface area (Å²) in [5.74, 6) is 0. The molecule has 0 fully saturated rings. The van der Waals surface area contributed by atoms with E-state index in [0.29, 0.717) is 24.5 Å². The molecule has 0 aromatic heterocycles. The third-order valence-electron chi connectivity index (χ3n) is 3.05. The van der Waals surface area contributed by atoms with E-state index in [9.17, 15) is 8.42 Å². The Labute approximate surface area is 122 Å². The number of sulfonamides is 1. The Kier molecular flexibility index (Phi) is 6.61. The van der Waals surface area contributed by atoms with Gasteiger partial charge in [0.15, 0.2) is 0 Å². The van der Waals surface area contributed by atoms with Crippen LogP contribution in [0.3, 0.4) is 0 Å². The van der Waals surface area contributed by atoms with Gasteiger partial charge in [0.25, 0.3) is 0 Å². The summed E-state index contributed by atoms with van der Waals surface area (Å²) in [6.45, 7) is 4.75. The van der Waals surface area contributed by atoms with E-state index in [1.165, 1.54) is 4.31 Å². The zero-order chi connectivity index (χ0) is 15.2. The van der Waals surface area contributed by atoms with Crippen LogP contribution in [0.25, 0.3) is 0 Å². The summed E-state index contributed by atoms with van der Waals surface area (Å²) in [6, 6.07) is 7.11. The molecule has 0 radical (unpaired) electrons. The maximum atomic E-state index is 12.5. The highest BCUT2D eigenvalue weighted by Gasteiger charge is 2.20. The highest BCUT2D eigenvalue weighted by atomic mass is 32.2. The van der Waals surface area contributed by atoms with Gasteiger partial charge in [-0.25, -0.2) is 8.42 Å². The number of nitrogens with one attached hydrogen (secondary N) is 1. The molecule has 1 aromatic carbocycles. The molecule has 1 aromatic rings. The molecule has 0 saturated carbocycles. The van der Waals surface area contributed by atoms with Gasteiger partial charge in [-0.15, -0.1) is 0 Å². The van der Waals surface area contributed by atoms with Crippen molar-refractivity contribution in [3.8, 4) is 0 Å². The van der Waals surface area contributed by atoms with E-state index in [1.54, 1.807) is 25.2 Å². The molecule has 0 heterocycles. The first-order valence-electron chi connectivity index (χ1n) is 6.78. The summed E-state index contributed by atoms with van der Waals surface area (Å²) in [6.07, 6.45) is 0. The van der Waals surface area contributed by atoms with Crippen LogP contribution < -0.4 is 5.32 Å². The molecule has 0 atom stereocenters. The average Bonchev–Trinajstić information content (AvgIpc) is 2.42. The van der Waals surface area contributed by atoms with Crippen molar-refractivity contribution >= 4 is 10.0 Å². The van der Waals surface area contributed by atoms with Crippen LogP contribution in [0.4, 0.5) is 0 Å². The van der Waals surface area contributed by atoms with Crippen LogP contribution in [0.5, 0.6) is 0 Å². The largest absolute Gasteiger partial charge is 0.313 e. The number of benzene rings is 1. The summed E-state index contributed by atoms with van der Waals surface area (Å²) in [5, 5.41) is 3.20. The predicted octanol–water partition coefficient (Wildman–Crippen LogP) is 0.978. The van der Waals surface area contributed by atoms with Crippen molar-refractivity contribution in [2.45, 2.75) is 18.4 Å². The summed E-state index contributed by atoms with van der Waals surface area (Å²) in [5.41, 5.74) is 0.980. The molecule has 5 nitrogen and oxygen atoms in total. The van der Waals surface area contributed by atoms with E-state index in [0.717, 1.165) is 12.1 Å². The topological polar surface area (TPSA) is 52.7 Å². The van der Waals surface area contributed by atoms with Crippen LogP contribution in [0, 0.1) is 0 Å². The van der Waals surface area contributed by atoms with Gasteiger partial charge in [0.2, 0.25) is 10.0 Å². The summed E-state index contributed by atoms with van der Waals surface area (Å²) in [7, 11) is 2.07. The van der Waals surface area contributed by atoms with Gasteiger partial charge in [0, 0.05) is 26.7 Å². The minimum atomic E-state index is -3.40. The lowest BCUT2D eigenvalue weighted by atomic mass is 10.2. The van der Waals surface area contributed by atoms with E-state index in [-0.39, 0.29) is 0 Å². The lowest BCUT2D eigenvalue weighted by molar-refractivity contribution is 0.358. The highest BCUT2D eigenvalue weighted by Crippen LogP contribution is 2.15. The molecule has 114 valence electrons. The maximum Gasteiger partial charge on any atom is 0.242 e. The first-order valence-corrected chi connectivity index (χ1v) is 8.22. The van der Waals surface area contributed by atoms with E-state index < -0.39 is 10.0 Å². The summed E-state index contributed by atoms with van der Waals surface area (Å²) < 4.78 is 26.3. The van der Waals surface area contributed by atoms with Gasteiger partial charge in [0.1, 0.15) is 0 Å². The molecule has 1 N–H and O–H groups in total. The fourth-order valence-corrected chi connectivity index (χ4v) is 2.96. The second-order valence-electron chi connectivity index (χ2n) is 5.06. The zero-order valence-corrected chi connectivity index (χ0v) is 13.6. The molecule has 20 heavy (non-hydrogen) atoms. The van der Waals surface area contributed by atoms with E-state index >= 15 is 0 Å². The fourth-order valence-electron chi connectivity index (χ4n) is 1.73. The molecule has 0 aliphatic heterocycles. The molecule has 0 aliphatic carbocycles. The Hall–Kier alpha value is -0.950. The van der Waals surface area contributed by atoms with Gasteiger partial charge in [-0.05, 0) is 38.3 Å². The third kappa shape index (κ3) is 4.86. The van der Waals surface area contributed by atoms with Gasteiger partial charge in [0.05, 0.1) is 4.90 Å². The van der Waals surface area contributed by atoms with E-state index in [4.69, 9.17) is 0 Å². The maximum absolute atomic E-state index is 12.5. The number of hydrogen-bond donors (Lipinski definition) is 1. The molecule has 1 rings (SSSR count). The van der Waals surface area contributed by atoms with Crippen molar-refractivity contribution in [2.24, 2.45) is 0 Å². The normalized spacial score (nSPS) is 12.3.